The molecule has 1 N–H and O–H groups in total. The van der Waals surface area contributed by atoms with E-state index in [-0.39, 0.29) is 24.4 Å². The minimum atomic E-state index is -0.646. The number of piperazine rings is 1. The van der Waals surface area contributed by atoms with Crippen LogP contribution in [0.15, 0.2) is 0 Å². The van der Waals surface area contributed by atoms with E-state index in [1.54, 1.807) is 0 Å². The van der Waals surface area contributed by atoms with Crippen molar-refractivity contribution < 1.29 is 9.59 Å². The van der Waals surface area contributed by atoms with Gasteiger partial charge in [0.1, 0.15) is 5.54 Å². The number of rotatable bonds is 7. The molecule has 1 saturated heterocycles. The minimum Gasteiger partial charge on any atom is -0.340 e. The van der Waals surface area contributed by atoms with Crippen LogP contribution in [0.5, 0.6) is 0 Å². The van der Waals surface area contributed by atoms with E-state index in [9.17, 15) is 9.59 Å². The molecule has 4 heteroatoms. The van der Waals surface area contributed by atoms with Crippen LogP contribution in [0.1, 0.15) is 65.7 Å². The van der Waals surface area contributed by atoms with Crippen molar-refractivity contribution in [1.29, 1.82) is 0 Å². The molecule has 1 aliphatic heterocycles. The monoisotopic (exact) mass is 280 g/mol. The van der Waals surface area contributed by atoms with E-state index < -0.39 is 5.54 Å². The molecule has 1 saturated carbocycles. The molecule has 114 valence electrons. The summed E-state index contributed by atoms with van der Waals surface area (Å²) in [7, 11) is 0. The Labute approximate surface area is 122 Å². The van der Waals surface area contributed by atoms with Crippen molar-refractivity contribution in [3.05, 3.63) is 0 Å². The fraction of sp³-hybridized carbons (Fsp3) is 0.875. The second-order valence-corrected chi connectivity index (χ2v) is 6.66. The van der Waals surface area contributed by atoms with Crippen molar-refractivity contribution in [2.75, 3.05) is 6.54 Å². The second-order valence-electron chi connectivity index (χ2n) is 6.66. The zero-order valence-corrected chi connectivity index (χ0v) is 13.1. The topological polar surface area (TPSA) is 49.4 Å². The molecule has 2 atom stereocenters. The van der Waals surface area contributed by atoms with Gasteiger partial charge in [-0.15, -0.1) is 0 Å². The van der Waals surface area contributed by atoms with Gasteiger partial charge in [-0.05, 0) is 39.0 Å². The highest BCUT2D eigenvalue weighted by atomic mass is 16.2. The smallest absolute Gasteiger partial charge is 0.249 e. The highest BCUT2D eigenvalue weighted by molar-refractivity contribution is 5.98. The maximum atomic E-state index is 12.7. The number of hydrogen-bond donors (Lipinski definition) is 1. The third-order valence-corrected chi connectivity index (χ3v) is 4.82. The van der Waals surface area contributed by atoms with Gasteiger partial charge in [-0.1, -0.05) is 32.6 Å². The first-order valence-corrected chi connectivity index (χ1v) is 8.11. The Morgan fingerprint density at radius 1 is 1.30 bits per heavy atom. The summed E-state index contributed by atoms with van der Waals surface area (Å²) < 4.78 is 0. The lowest BCUT2D eigenvalue weighted by Gasteiger charge is -2.42. The standard InChI is InChI=1S/C16H28N2O2/c1-4-5-6-7-8-12(2)18-11-14(19)17-16(3,15(18)20)13-9-10-13/h12-13H,4-11H2,1-3H3,(H,17,19). The van der Waals surface area contributed by atoms with Crippen LogP contribution in [0, 0.1) is 5.92 Å². The first-order valence-electron chi connectivity index (χ1n) is 8.11. The molecule has 0 aromatic rings. The lowest BCUT2D eigenvalue weighted by molar-refractivity contribution is -0.152. The molecule has 0 bridgehead atoms. The summed E-state index contributed by atoms with van der Waals surface area (Å²) in [6.07, 6.45) is 7.94. The zero-order valence-electron chi connectivity index (χ0n) is 13.1. The lowest BCUT2D eigenvalue weighted by Crippen LogP contribution is -2.67. The van der Waals surface area contributed by atoms with Crippen molar-refractivity contribution in [2.24, 2.45) is 5.92 Å². The van der Waals surface area contributed by atoms with Crippen LogP contribution in [0.4, 0.5) is 0 Å². The Morgan fingerprint density at radius 3 is 2.60 bits per heavy atom. The Kier molecular flexibility index (Phi) is 4.71. The van der Waals surface area contributed by atoms with Crippen LogP contribution in [0.25, 0.3) is 0 Å². The normalized spacial score (nSPS) is 28.4. The van der Waals surface area contributed by atoms with Crippen LogP contribution >= 0.6 is 0 Å². The van der Waals surface area contributed by atoms with Gasteiger partial charge in [-0.25, -0.2) is 0 Å². The van der Waals surface area contributed by atoms with Crippen LogP contribution < -0.4 is 5.32 Å². The average Bonchev–Trinajstić information content (AvgIpc) is 3.23. The number of amides is 2. The molecular formula is C16H28N2O2. The Morgan fingerprint density at radius 2 is 2.00 bits per heavy atom. The Balaban J connectivity index is 1.95. The summed E-state index contributed by atoms with van der Waals surface area (Å²) in [5.74, 6) is 0.469. The number of carbonyl (C=O) groups excluding carboxylic acids is 2. The summed E-state index contributed by atoms with van der Waals surface area (Å²) >= 11 is 0. The summed E-state index contributed by atoms with van der Waals surface area (Å²) in [6, 6.07) is 0.170. The molecule has 2 aliphatic rings. The average molecular weight is 280 g/mol. The van der Waals surface area contributed by atoms with E-state index in [0.717, 1.165) is 25.7 Å². The van der Waals surface area contributed by atoms with Gasteiger partial charge in [-0.3, -0.25) is 9.59 Å². The molecule has 4 nitrogen and oxygen atoms in total. The molecular weight excluding hydrogens is 252 g/mol. The van der Waals surface area contributed by atoms with Gasteiger partial charge in [0.2, 0.25) is 11.8 Å². The quantitative estimate of drug-likeness (QED) is 0.728. The Hall–Kier alpha value is -1.06. The van der Waals surface area contributed by atoms with Gasteiger partial charge in [0.25, 0.3) is 0 Å². The highest BCUT2D eigenvalue weighted by Gasteiger charge is 2.53. The molecule has 0 aromatic heterocycles. The van der Waals surface area contributed by atoms with Gasteiger partial charge < -0.3 is 10.2 Å². The summed E-state index contributed by atoms with van der Waals surface area (Å²) in [5.41, 5.74) is -0.646. The van der Waals surface area contributed by atoms with Crippen molar-refractivity contribution in [3.63, 3.8) is 0 Å². The van der Waals surface area contributed by atoms with Crippen molar-refractivity contribution >= 4 is 11.8 Å². The van der Waals surface area contributed by atoms with E-state index in [0.29, 0.717) is 5.92 Å². The molecule has 2 rings (SSSR count). The molecule has 20 heavy (non-hydrogen) atoms. The minimum absolute atomic E-state index is 0.000548. The number of nitrogens with zero attached hydrogens (tertiary/aromatic N) is 1. The van der Waals surface area contributed by atoms with Crippen LogP contribution in [0.3, 0.4) is 0 Å². The first kappa shape index (κ1) is 15.3. The number of nitrogens with one attached hydrogen (secondary N) is 1. The SMILES string of the molecule is CCCCCCC(C)N1CC(=O)NC(C)(C2CC2)C1=O. The van der Waals surface area contributed by atoms with Gasteiger partial charge in [-0.2, -0.15) is 0 Å². The maximum Gasteiger partial charge on any atom is 0.249 e. The molecule has 1 aliphatic carbocycles. The predicted octanol–water partition coefficient (Wildman–Crippen LogP) is 2.47. The number of hydrogen-bond acceptors (Lipinski definition) is 2. The molecule has 2 fully saturated rings. The second kappa shape index (κ2) is 6.15. The van der Waals surface area contributed by atoms with Crippen LogP contribution in [-0.4, -0.2) is 34.8 Å². The lowest BCUT2D eigenvalue weighted by atomic mass is 9.90. The van der Waals surface area contributed by atoms with E-state index in [1.807, 2.05) is 11.8 Å². The van der Waals surface area contributed by atoms with Crippen molar-refractivity contribution in [2.45, 2.75) is 77.3 Å². The van der Waals surface area contributed by atoms with E-state index in [4.69, 9.17) is 0 Å². The highest BCUT2D eigenvalue weighted by Crippen LogP contribution is 2.41. The molecule has 0 aromatic carbocycles. The molecule has 1 heterocycles. The third-order valence-electron chi connectivity index (χ3n) is 4.82. The van der Waals surface area contributed by atoms with Crippen LogP contribution in [-0.2, 0) is 9.59 Å². The summed E-state index contributed by atoms with van der Waals surface area (Å²) in [5, 5.41) is 2.94. The van der Waals surface area contributed by atoms with Gasteiger partial charge in [0.05, 0.1) is 6.54 Å². The molecule has 0 spiro atoms. The predicted molar refractivity (Wildman–Crippen MR) is 79.2 cm³/mol. The maximum absolute atomic E-state index is 12.7. The van der Waals surface area contributed by atoms with Crippen LogP contribution in [0.2, 0.25) is 0 Å². The number of unbranched alkanes of at least 4 members (excludes halogenated alkanes) is 3. The fourth-order valence-corrected chi connectivity index (χ4v) is 3.22. The largest absolute Gasteiger partial charge is 0.340 e. The first-order chi connectivity index (χ1) is 9.49. The zero-order chi connectivity index (χ0) is 14.8. The molecule has 0 radical (unpaired) electrons. The summed E-state index contributed by atoms with van der Waals surface area (Å²) in [6.45, 7) is 6.41. The molecule has 2 unspecified atom stereocenters. The Bertz CT molecular complexity index is 379. The van der Waals surface area contributed by atoms with Gasteiger partial charge >= 0.3 is 0 Å². The summed E-state index contributed by atoms with van der Waals surface area (Å²) in [4.78, 5) is 26.5. The van der Waals surface area contributed by atoms with Gasteiger partial charge in [0.15, 0.2) is 0 Å². The van der Waals surface area contributed by atoms with Gasteiger partial charge in [0, 0.05) is 6.04 Å². The van der Waals surface area contributed by atoms with Crippen molar-refractivity contribution in [1.82, 2.24) is 10.2 Å². The van der Waals surface area contributed by atoms with E-state index >= 15 is 0 Å². The fourth-order valence-electron chi connectivity index (χ4n) is 3.22. The number of carbonyl (C=O) groups is 2. The van der Waals surface area contributed by atoms with Crippen molar-refractivity contribution in [3.8, 4) is 0 Å². The third kappa shape index (κ3) is 3.15. The molecule has 2 amide bonds. The van der Waals surface area contributed by atoms with E-state index in [1.165, 1.54) is 19.3 Å². The van der Waals surface area contributed by atoms with E-state index in [2.05, 4.69) is 19.2 Å².